The molecule has 0 bridgehead atoms. The molecular formula is C40H64BN4O6S7. The Bertz CT molecular complexity index is 1580. The van der Waals surface area contributed by atoms with Gasteiger partial charge in [0.05, 0.1) is 4.92 Å². The zero-order chi connectivity index (χ0) is 47.4. The maximum absolute atomic E-state index is 11.0. The number of aromatic carboxylic acids is 1. The van der Waals surface area contributed by atoms with Crippen LogP contribution in [-0.2, 0) is 4.79 Å². The Kier molecular flexibility index (Phi) is 36.9. The molecule has 18 heteroatoms. The van der Waals surface area contributed by atoms with Crippen molar-refractivity contribution in [2.75, 3.05) is 18.8 Å². The SMILES string of the molecule is C=C1CCC(C)S1.CC(=N)CCC(C)SSc1ccc([N+](=O)[O-])c(C(=O)O)c1.CSC(C)=O.CSC(C)CCC(C)=N.CSSC(C)c1ccc(C(C)=O)cc1.[2H][3H].[B]=N. The number of carboxylic acid groups (broad SMARTS) is 1. The van der Waals surface area contributed by atoms with E-state index in [1.54, 1.807) is 54.7 Å². The number of allylic oxidation sites excluding steroid dienone is 1. The van der Waals surface area contributed by atoms with E-state index < -0.39 is 16.6 Å². The summed E-state index contributed by atoms with van der Waals surface area (Å²) < 4.78 is 10.0. The van der Waals surface area contributed by atoms with Crippen LogP contribution in [0.15, 0.2) is 58.8 Å². The summed E-state index contributed by atoms with van der Waals surface area (Å²) in [4.78, 5) is 44.0. The average molecular weight is 935 g/mol. The van der Waals surface area contributed by atoms with Gasteiger partial charge < -0.3 is 15.9 Å². The number of ketones is 1. The summed E-state index contributed by atoms with van der Waals surface area (Å²) in [5.41, 5.74) is 2.80. The molecule has 1 radical (unpaired) electrons. The molecular weight excluding hydrogens is 868 g/mol. The van der Waals surface area contributed by atoms with Crippen LogP contribution in [0, 0.1) is 26.2 Å². The van der Waals surface area contributed by atoms with E-state index >= 15 is 0 Å². The molecule has 1 saturated heterocycles. The quantitative estimate of drug-likeness (QED) is 0.0311. The number of carbonyl (C=O) groups excluding carboxylic acids is 2. The van der Waals surface area contributed by atoms with Crippen molar-refractivity contribution in [2.45, 2.75) is 120 Å². The zero-order valence-electron chi connectivity index (χ0n) is 37.7. The van der Waals surface area contributed by atoms with Crippen molar-refractivity contribution >= 4 is 120 Å². The summed E-state index contributed by atoms with van der Waals surface area (Å²) in [7, 11) is 10.3. The van der Waals surface area contributed by atoms with Gasteiger partial charge in [-0.1, -0.05) is 107 Å². The minimum absolute atomic E-state index is 0.127. The molecule has 0 spiro atoms. The van der Waals surface area contributed by atoms with Crippen LogP contribution >= 0.6 is 78.5 Å². The minimum atomic E-state index is -1.30. The number of hydrogen-bond donors (Lipinski definition) is 4. The third-order valence-corrected chi connectivity index (χ3v) is 15.4. The Morgan fingerprint density at radius 1 is 0.983 bits per heavy atom. The van der Waals surface area contributed by atoms with Gasteiger partial charge in [-0.05, 0) is 108 Å². The number of carbonyl (C=O) groups is 3. The average Bonchev–Trinajstić information content (AvgIpc) is 3.62. The van der Waals surface area contributed by atoms with Crippen LogP contribution in [0.5, 0.6) is 0 Å². The summed E-state index contributed by atoms with van der Waals surface area (Å²) in [6.07, 6.45) is 12.2. The second kappa shape index (κ2) is 36.9. The third kappa shape index (κ3) is 32.8. The van der Waals surface area contributed by atoms with Gasteiger partial charge in [-0.25, -0.2) is 4.79 Å². The molecule has 1 heterocycles. The van der Waals surface area contributed by atoms with Gasteiger partial charge in [0.15, 0.2) is 10.9 Å². The number of carboxylic acids is 1. The van der Waals surface area contributed by atoms with Gasteiger partial charge in [-0.2, -0.15) is 11.8 Å². The molecule has 10 nitrogen and oxygen atoms in total. The van der Waals surface area contributed by atoms with Gasteiger partial charge >= 0.3 is 18.9 Å². The van der Waals surface area contributed by atoms with E-state index in [1.165, 1.54) is 58.0 Å². The van der Waals surface area contributed by atoms with Crippen molar-refractivity contribution in [1.29, 1.82) is 16.1 Å². The first kappa shape index (κ1) is 58.1. The first-order valence-corrected chi connectivity index (χ1v) is 26.3. The van der Waals surface area contributed by atoms with Crippen molar-refractivity contribution in [2.24, 2.45) is 0 Å². The van der Waals surface area contributed by atoms with Crippen LogP contribution in [0.1, 0.15) is 128 Å². The summed E-state index contributed by atoms with van der Waals surface area (Å²) in [6.45, 7) is 19.3. The van der Waals surface area contributed by atoms with Gasteiger partial charge in [0, 0.05) is 58.8 Å². The zero-order valence-corrected chi connectivity index (χ0v) is 41.4. The van der Waals surface area contributed by atoms with Crippen molar-refractivity contribution in [3.63, 3.8) is 0 Å². The Morgan fingerprint density at radius 2 is 1.50 bits per heavy atom. The summed E-state index contributed by atoms with van der Waals surface area (Å²) in [5, 5.41) is 42.1. The van der Waals surface area contributed by atoms with E-state index in [-0.39, 0.29) is 16.5 Å². The molecule has 0 amide bonds. The fourth-order valence-electron chi connectivity index (χ4n) is 4.00. The number of hydrogen-bond acceptors (Lipinski definition) is 15. The molecule has 0 saturated carbocycles. The molecule has 0 aliphatic carbocycles. The van der Waals surface area contributed by atoms with Crippen molar-refractivity contribution < 1.29 is 27.4 Å². The molecule has 4 atom stereocenters. The van der Waals surface area contributed by atoms with E-state index in [4.69, 9.17) is 24.2 Å². The van der Waals surface area contributed by atoms with E-state index in [2.05, 4.69) is 47.5 Å². The van der Waals surface area contributed by atoms with Crippen LogP contribution in [0.3, 0.4) is 0 Å². The van der Waals surface area contributed by atoms with Gasteiger partial charge in [-0.15, -0.1) is 11.8 Å². The van der Waals surface area contributed by atoms with Crippen molar-refractivity contribution in [3.05, 3.63) is 80.8 Å². The summed E-state index contributed by atoms with van der Waals surface area (Å²) in [5.74, 6) is -1.18. The van der Waals surface area contributed by atoms with E-state index in [0.717, 1.165) is 42.2 Å². The van der Waals surface area contributed by atoms with Crippen molar-refractivity contribution in [3.8, 4) is 0 Å². The molecule has 2 aromatic carbocycles. The van der Waals surface area contributed by atoms with Gasteiger partial charge in [0.2, 0.25) is 0 Å². The normalized spacial score (nSPS) is 14.0. The molecule has 1 aliphatic rings. The Balaban J connectivity index is -0.000000347. The Morgan fingerprint density at radius 3 is 1.84 bits per heavy atom. The van der Waals surface area contributed by atoms with Crippen LogP contribution in [-0.4, -0.2) is 80.5 Å². The first-order chi connectivity index (χ1) is 28.2. The second-order valence-electron chi connectivity index (χ2n) is 12.7. The number of benzene rings is 2. The third-order valence-electron chi connectivity index (χ3n) is 7.47. The standard InChI is InChI=1S/C13H16N2O4S2.C11H14OS2.C7H15NS.C6H10S.C3H6OS.BHN.H2/c1-8(14)3-4-9(2)20-21-10-5-6-12(15(18)19)11(7-10)13(16)17;1-8(12)10-4-6-11(7-5-10)9(2)14-13-3;1-6(8)4-5-7(2)9-3;1-5-3-4-6(2)7-5;1-3(4)5-2;1-2;/h5-7,9,14H,3-4H2,1-2H3,(H,16,17);4-7,9H,1-3H3;7-8H,4-5H2,1-3H3;6H,1,3-4H2,2H3;1-2H3;2H;1H/i;;;;;;1+2D. The number of rotatable bonds is 16. The molecule has 3 rings (SSSR count). The second-order valence-corrected chi connectivity index (χ2v) is 22.1. The summed E-state index contributed by atoms with van der Waals surface area (Å²) in [6, 6.07) is 12.0. The molecule has 58 heavy (non-hydrogen) atoms. The molecule has 4 unspecified atom stereocenters. The van der Waals surface area contributed by atoms with Crippen molar-refractivity contribution in [1.82, 2.24) is 0 Å². The topological polar surface area (TPSA) is 186 Å². The predicted molar refractivity (Wildman–Crippen MR) is 267 cm³/mol. The van der Waals surface area contributed by atoms with E-state index in [1.807, 2.05) is 72.4 Å². The molecule has 1 fully saturated rings. The van der Waals surface area contributed by atoms with Gasteiger partial charge in [0.25, 0.3) is 5.69 Å². The number of thioether (sulfide) groups is 3. The Labute approximate surface area is 380 Å². The molecule has 4 N–H and O–H groups in total. The molecule has 2 aromatic rings. The molecule has 1 aliphatic heterocycles. The monoisotopic (exact) mass is 934 g/mol. The predicted octanol–water partition coefficient (Wildman–Crippen LogP) is 14.2. The number of nitro groups is 1. The van der Waals surface area contributed by atoms with Crippen LogP contribution in [0.25, 0.3) is 0 Å². The molecule has 0 aromatic heterocycles. The Hall–Kier alpha value is -1.96. The summed E-state index contributed by atoms with van der Waals surface area (Å²) >= 11 is 5.04. The van der Waals surface area contributed by atoms with Crippen LogP contribution in [0.4, 0.5) is 5.69 Å². The van der Waals surface area contributed by atoms with Gasteiger partial charge in [-0.3, -0.25) is 19.7 Å². The maximum atomic E-state index is 11.0. The number of nitrogens with one attached hydrogen (secondary N) is 3. The van der Waals surface area contributed by atoms with E-state index in [0.29, 0.717) is 26.4 Å². The van der Waals surface area contributed by atoms with E-state index in [9.17, 15) is 24.5 Å². The fourth-order valence-corrected chi connectivity index (χ4v) is 9.35. The fraction of sp³-hybridized carbons (Fsp3) is 0.525. The first-order valence-electron chi connectivity index (χ1n) is 19.1. The molecule has 325 valence electrons. The number of nitro benzene ring substituents is 1. The van der Waals surface area contributed by atoms with Crippen LogP contribution in [0.2, 0.25) is 0 Å². The van der Waals surface area contributed by atoms with Crippen LogP contribution < -0.4 is 0 Å². The van der Waals surface area contributed by atoms with Gasteiger partial charge in [0.1, 0.15) is 5.56 Å². The number of Topliss-reactive ketones (excluding diaryl/α,β-unsaturated/α-hetero) is 1. The number of nitrogens with zero attached hydrogens (tertiary/aromatic N) is 1.